The highest BCUT2D eigenvalue weighted by Gasteiger charge is 2.32. The van der Waals surface area contributed by atoms with Crippen LogP contribution in [0.15, 0.2) is 35.5 Å². The number of benzene rings is 1. The Balaban J connectivity index is 2.36. The second-order valence-corrected chi connectivity index (χ2v) is 8.16. The summed E-state index contributed by atoms with van der Waals surface area (Å²) in [4.78, 5) is 37.8. The standard InChI is InChI=1S/C20H25ClN2O4/c1-12-10-15(22-23(5)19(26)27-20(2,3)4)17(16(24)11-12)18(25)13-8-6-7-9-14(13)21/h6-9,12,22H,10-11H2,1-5H3. The minimum absolute atomic E-state index is 0.0385. The number of Topliss-reactive ketones (excluding diaryl/α,β-unsaturated/α-hetero) is 2. The molecule has 7 heteroatoms. The number of hydrogen-bond acceptors (Lipinski definition) is 5. The fraction of sp³-hybridized carbons (Fsp3) is 0.450. The van der Waals surface area contributed by atoms with Crippen molar-refractivity contribution in [3.8, 4) is 0 Å². The molecule has 0 aromatic heterocycles. The third-order valence-electron chi connectivity index (χ3n) is 3.98. The Morgan fingerprint density at radius 3 is 2.44 bits per heavy atom. The molecule has 0 heterocycles. The largest absolute Gasteiger partial charge is 0.442 e. The van der Waals surface area contributed by atoms with E-state index in [4.69, 9.17) is 16.3 Å². The normalized spacial score (nSPS) is 17.6. The van der Waals surface area contributed by atoms with E-state index in [1.54, 1.807) is 45.0 Å². The van der Waals surface area contributed by atoms with Crippen LogP contribution in [0.4, 0.5) is 4.79 Å². The summed E-state index contributed by atoms with van der Waals surface area (Å²) in [5.41, 5.74) is 2.92. The van der Waals surface area contributed by atoms with Crippen molar-refractivity contribution >= 4 is 29.3 Å². The fourth-order valence-corrected chi connectivity index (χ4v) is 3.05. The SMILES string of the molecule is CC1CC(=O)C(C(=O)c2ccccc2Cl)=C(NN(C)C(=O)OC(C)(C)C)C1. The number of carbonyl (C=O) groups excluding carboxylic acids is 3. The van der Waals surface area contributed by atoms with Gasteiger partial charge in [0.05, 0.1) is 10.6 Å². The van der Waals surface area contributed by atoms with Gasteiger partial charge in [0.25, 0.3) is 0 Å². The molecule has 0 aliphatic heterocycles. The molecule has 1 aliphatic carbocycles. The lowest BCUT2D eigenvalue weighted by molar-refractivity contribution is -0.116. The maximum atomic E-state index is 13.0. The van der Waals surface area contributed by atoms with Gasteiger partial charge >= 0.3 is 6.09 Å². The number of ether oxygens (including phenoxy) is 1. The molecule has 27 heavy (non-hydrogen) atoms. The highest BCUT2D eigenvalue weighted by atomic mass is 35.5. The minimum Gasteiger partial charge on any atom is -0.442 e. The summed E-state index contributed by atoms with van der Waals surface area (Å²) in [5, 5.41) is 1.42. The van der Waals surface area contributed by atoms with Crippen LogP contribution in [0.25, 0.3) is 0 Å². The van der Waals surface area contributed by atoms with Gasteiger partial charge in [0, 0.05) is 24.7 Å². The molecule has 1 aromatic rings. The number of allylic oxidation sites excluding steroid dienone is 2. The Bertz CT molecular complexity index is 795. The summed E-state index contributed by atoms with van der Waals surface area (Å²) in [7, 11) is 1.49. The van der Waals surface area contributed by atoms with E-state index in [2.05, 4.69) is 5.43 Å². The van der Waals surface area contributed by atoms with E-state index in [1.807, 2.05) is 6.92 Å². The maximum Gasteiger partial charge on any atom is 0.428 e. The molecule has 0 radical (unpaired) electrons. The quantitative estimate of drug-likeness (QED) is 0.473. The number of hydrogen-bond donors (Lipinski definition) is 1. The number of nitrogens with zero attached hydrogens (tertiary/aromatic N) is 1. The molecule has 1 N–H and O–H groups in total. The summed E-state index contributed by atoms with van der Waals surface area (Å²) < 4.78 is 5.31. The predicted molar refractivity (Wildman–Crippen MR) is 103 cm³/mol. The van der Waals surface area contributed by atoms with Gasteiger partial charge in [0.15, 0.2) is 11.6 Å². The smallest absolute Gasteiger partial charge is 0.428 e. The van der Waals surface area contributed by atoms with Crippen LogP contribution in [0.5, 0.6) is 0 Å². The van der Waals surface area contributed by atoms with E-state index < -0.39 is 17.5 Å². The highest BCUT2D eigenvalue weighted by Crippen LogP contribution is 2.29. The van der Waals surface area contributed by atoms with Crippen LogP contribution >= 0.6 is 11.6 Å². The lowest BCUT2D eigenvalue weighted by Gasteiger charge is -2.30. The molecule has 0 saturated heterocycles. The van der Waals surface area contributed by atoms with Crippen molar-refractivity contribution in [2.75, 3.05) is 7.05 Å². The van der Waals surface area contributed by atoms with Crippen LogP contribution < -0.4 is 5.43 Å². The number of halogens is 1. The average Bonchev–Trinajstić information content (AvgIpc) is 2.52. The van der Waals surface area contributed by atoms with Crippen molar-refractivity contribution in [3.05, 3.63) is 46.1 Å². The first kappa shape index (κ1) is 21.0. The van der Waals surface area contributed by atoms with Gasteiger partial charge in [-0.3, -0.25) is 15.0 Å². The second kappa shape index (κ2) is 8.13. The van der Waals surface area contributed by atoms with Gasteiger partial charge in [0.2, 0.25) is 0 Å². The first-order valence-corrected chi connectivity index (χ1v) is 9.16. The van der Waals surface area contributed by atoms with Crippen LogP contribution in [0.3, 0.4) is 0 Å². The highest BCUT2D eigenvalue weighted by molar-refractivity contribution is 6.37. The first-order valence-electron chi connectivity index (χ1n) is 8.78. The van der Waals surface area contributed by atoms with Gasteiger partial charge in [-0.1, -0.05) is 30.7 Å². The number of nitrogens with one attached hydrogen (secondary N) is 1. The Hall–Kier alpha value is -2.34. The van der Waals surface area contributed by atoms with Crippen LogP contribution in [-0.4, -0.2) is 35.3 Å². The predicted octanol–water partition coefficient (Wildman–Crippen LogP) is 4.15. The van der Waals surface area contributed by atoms with E-state index in [-0.39, 0.29) is 34.3 Å². The van der Waals surface area contributed by atoms with Crippen molar-refractivity contribution < 1.29 is 19.1 Å². The molecule has 6 nitrogen and oxygen atoms in total. The zero-order valence-corrected chi connectivity index (χ0v) is 17.0. The number of ketones is 2. The molecule has 0 bridgehead atoms. The zero-order chi connectivity index (χ0) is 20.4. The van der Waals surface area contributed by atoms with Crippen molar-refractivity contribution in [2.24, 2.45) is 5.92 Å². The molecule has 1 unspecified atom stereocenters. The number of rotatable bonds is 4. The Morgan fingerprint density at radius 1 is 1.22 bits per heavy atom. The lowest BCUT2D eigenvalue weighted by Crippen LogP contribution is -2.44. The molecule has 0 saturated carbocycles. The Labute approximate surface area is 164 Å². The summed E-state index contributed by atoms with van der Waals surface area (Å²) in [6.07, 6.45) is 0.127. The van der Waals surface area contributed by atoms with Gasteiger partial charge < -0.3 is 4.74 Å². The van der Waals surface area contributed by atoms with Crippen molar-refractivity contribution in [3.63, 3.8) is 0 Å². The average molecular weight is 393 g/mol. The topological polar surface area (TPSA) is 75.7 Å². The lowest BCUT2D eigenvalue weighted by atomic mass is 9.84. The third kappa shape index (κ3) is 5.32. The Kier molecular flexibility index (Phi) is 6.31. The van der Waals surface area contributed by atoms with Gasteiger partial charge in [0.1, 0.15) is 5.60 Å². The van der Waals surface area contributed by atoms with Gasteiger partial charge in [-0.15, -0.1) is 0 Å². The second-order valence-electron chi connectivity index (χ2n) is 7.75. The van der Waals surface area contributed by atoms with E-state index in [9.17, 15) is 14.4 Å². The van der Waals surface area contributed by atoms with E-state index in [0.29, 0.717) is 12.1 Å². The van der Waals surface area contributed by atoms with E-state index in [0.717, 1.165) is 5.01 Å². The van der Waals surface area contributed by atoms with Crippen LogP contribution in [-0.2, 0) is 9.53 Å². The van der Waals surface area contributed by atoms with Gasteiger partial charge in [-0.05, 0) is 45.2 Å². The molecule has 1 amide bonds. The van der Waals surface area contributed by atoms with Gasteiger partial charge in [-0.2, -0.15) is 0 Å². The van der Waals surface area contributed by atoms with Crippen molar-refractivity contribution in [1.82, 2.24) is 10.4 Å². The monoisotopic (exact) mass is 392 g/mol. The van der Waals surface area contributed by atoms with Crippen molar-refractivity contribution in [2.45, 2.75) is 46.1 Å². The molecule has 1 atom stereocenters. The van der Waals surface area contributed by atoms with Crippen LogP contribution in [0.1, 0.15) is 50.9 Å². The van der Waals surface area contributed by atoms with Crippen LogP contribution in [0.2, 0.25) is 5.02 Å². The summed E-state index contributed by atoms with van der Waals surface area (Å²) in [5.74, 6) is -0.661. The van der Waals surface area contributed by atoms with Crippen molar-refractivity contribution in [1.29, 1.82) is 0 Å². The number of hydrazine groups is 1. The van der Waals surface area contributed by atoms with E-state index >= 15 is 0 Å². The summed E-state index contributed by atoms with van der Waals surface area (Å²) >= 11 is 6.13. The number of carbonyl (C=O) groups is 3. The van der Waals surface area contributed by atoms with E-state index in [1.165, 1.54) is 7.05 Å². The summed E-state index contributed by atoms with van der Waals surface area (Å²) in [6, 6.07) is 6.59. The molecular weight excluding hydrogens is 368 g/mol. The maximum absolute atomic E-state index is 13.0. The fourth-order valence-electron chi connectivity index (χ4n) is 2.83. The zero-order valence-electron chi connectivity index (χ0n) is 16.3. The molecule has 146 valence electrons. The molecule has 1 aromatic carbocycles. The van der Waals surface area contributed by atoms with Gasteiger partial charge in [-0.25, -0.2) is 9.80 Å². The Morgan fingerprint density at radius 2 is 1.85 bits per heavy atom. The molecular formula is C20H25ClN2O4. The molecule has 1 aliphatic rings. The molecule has 2 rings (SSSR count). The molecule has 0 spiro atoms. The minimum atomic E-state index is -0.659. The van der Waals surface area contributed by atoms with Crippen LogP contribution in [0, 0.1) is 5.92 Å². The number of amides is 1. The summed E-state index contributed by atoms with van der Waals surface area (Å²) in [6.45, 7) is 7.20. The third-order valence-corrected chi connectivity index (χ3v) is 4.31. The molecule has 0 fully saturated rings. The first-order chi connectivity index (χ1) is 12.5.